The van der Waals surface area contributed by atoms with Gasteiger partial charge >= 0.3 is 0 Å². The molecule has 0 spiro atoms. The standard InChI is InChI=1S/C23H29ClFN3O4S/c1-5-21(23(30)26-16(2)3)28(14-17-6-10-19(25)11-7-17)22(29)15-27(4)33(31,32)20-12-8-18(24)9-13-20/h6-13,16,21H,5,14-15H2,1-4H3,(H,26,30). The summed E-state index contributed by atoms with van der Waals surface area (Å²) in [5.41, 5.74) is 0.615. The Kier molecular flexibility index (Phi) is 9.39. The van der Waals surface area contributed by atoms with Crippen molar-refractivity contribution < 1.29 is 22.4 Å². The highest BCUT2D eigenvalue weighted by Gasteiger charge is 2.32. The van der Waals surface area contributed by atoms with Crippen molar-refractivity contribution in [1.82, 2.24) is 14.5 Å². The van der Waals surface area contributed by atoms with Crippen LogP contribution in [0.1, 0.15) is 32.8 Å². The second-order valence-corrected chi connectivity index (χ2v) is 10.4. The van der Waals surface area contributed by atoms with Gasteiger partial charge in [0.2, 0.25) is 21.8 Å². The molecule has 2 rings (SSSR count). The van der Waals surface area contributed by atoms with E-state index in [1.165, 1.54) is 60.5 Å². The van der Waals surface area contributed by atoms with Crippen LogP contribution in [0.5, 0.6) is 0 Å². The van der Waals surface area contributed by atoms with Crippen LogP contribution in [-0.4, -0.2) is 55.1 Å². The molecule has 2 amide bonds. The summed E-state index contributed by atoms with van der Waals surface area (Å²) in [6, 6.07) is 10.3. The lowest BCUT2D eigenvalue weighted by Crippen LogP contribution is -2.52. The number of nitrogens with zero attached hydrogens (tertiary/aromatic N) is 2. The average molecular weight is 498 g/mol. The van der Waals surface area contributed by atoms with Crippen molar-refractivity contribution >= 4 is 33.4 Å². The van der Waals surface area contributed by atoms with Crippen molar-refractivity contribution in [3.63, 3.8) is 0 Å². The molecule has 33 heavy (non-hydrogen) atoms. The fourth-order valence-electron chi connectivity index (χ4n) is 3.24. The molecule has 180 valence electrons. The van der Waals surface area contributed by atoms with Crippen molar-refractivity contribution in [3.8, 4) is 0 Å². The van der Waals surface area contributed by atoms with E-state index in [-0.39, 0.29) is 23.4 Å². The molecule has 2 aromatic carbocycles. The summed E-state index contributed by atoms with van der Waals surface area (Å²) in [5, 5.41) is 3.19. The van der Waals surface area contributed by atoms with E-state index in [0.29, 0.717) is 17.0 Å². The van der Waals surface area contributed by atoms with E-state index in [1.807, 2.05) is 13.8 Å². The van der Waals surface area contributed by atoms with Gasteiger partial charge in [-0.15, -0.1) is 0 Å². The molecule has 0 aliphatic carbocycles. The first-order chi connectivity index (χ1) is 15.4. The first-order valence-electron chi connectivity index (χ1n) is 10.5. The van der Waals surface area contributed by atoms with Crippen molar-refractivity contribution in [2.24, 2.45) is 0 Å². The molecule has 1 unspecified atom stereocenters. The van der Waals surface area contributed by atoms with Crippen LogP contribution < -0.4 is 5.32 Å². The number of benzene rings is 2. The number of sulfonamides is 1. The van der Waals surface area contributed by atoms with Gasteiger partial charge in [0.1, 0.15) is 11.9 Å². The van der Waals surface area contributed by atoms with Crippen LogP contribution in [0.25, 0.3) is 0 Å². The maximum Gasteiger partial charge on any atom is 0.243 e. The first-order valence-corrected chi connectivity index (χ1v) is 12.3. The predicted molar refractivity (Wildman–Crippen MR) is 126 cm³/mol. The van der Waals surface area contributed by atoms with Crippen LogP contribution in [0.15, 0.2) is 53.4 Å². The van der Waals surface area contributed by atoms with E-state index in [0.717, 1.165) is 4.31 Å². The monoisotopic (exact) mass is 497 g/mol. The Morgan fingerprint density at radius 2 is 1.64 bits per heavy atom. The number of hydrogen-bond donors (Lipinski definition) is 1. The van der Waals surface area contributed by atoms with Crippen molar-refractivity contribution in [2.45, 2.75) is 50.7 Å². The van der Waals surface area contributed by atoms with Crippen molar-refractivity contribution in [1.29, 1.82) is 0 Å². The van der Waals surface area contributed by atoms with Crippen molar-refractivity contribution in [3.05, 3.63) is 64.9 Å². The maximum absolute atomic E-state index is 13.3. The molecular weight excluding hydrogens is 469 g/mol. The van der Waals surface area contributed by atoms with E-state index >= 15 is 0 Å². The minimum absolute atomic E-state index is 0.00289. The first kappa shape index (κ1) is 26.8. The number of rotatable bonds is 10. The molecule has 2 aromatic rings. The van der Waals surface area contributed by atoms with E-state index in [1.54, 1.807) is 6.92 Å². The van der Waals surface area contributed by atoms with E-state index in [4.69, 9.17) is 11.6 Å². The summed E-state index contributed by atoms with van der Waals surface area (Å²) in [4.78, 5) is 27.4. The second kappa shape index (κ2) is 11.6. The normalized spacial score (nSPS) is 12.6. The topological polar surface area (TPSA) is 86.8 Å². The molecule has 0 saturated carbocycles. The Labute approximate surface area is 199 Å². The fourth-order valence-corrected chi connectivity index (χ4v) is 4.49. The molecule has 0 aliphatic heterocycles. The molecular formula is C23H29ClFN3O4S. The number of halogens is 2. The van der Waals surface area contributed by atoms with Crippen LogP contribution in [0.3, 0.4) is 0 Å². The summed E-state index contributed by atoms with van der Waals surface area (Å²) in [7, 11) is -2.66. The van der Waals surface area contributed by atoms with Gasteiger partial charge < -0.3 is 10.2 Å². The molecule has 0 radical (unpaired) electrons. The minimum Gasteiger partial charge on any atom is -0.352 e. The summed E-state index contributed by atoms with van der Waals surface area (Å²) in [6.07, 6.45) is 0.319. The summed E-state index contributed by atoms with van der Waals surface area (Å²) in [6.45, 7) is 4.94. The van der Waals surface area contributed by atoms with E-state index < -0.39 is 34.3 Å². The summed E-state index contributed by atoms with van der Waals surface area (Å²) < 4.78 is 40.1. The Morgan fingerprint density at radius 3 is 2.15 bits per heavy atom. The second-order valence-electron chi connectivity index (χ2n) is 7.95. The van der Waals surface area contributed by atoms with Gasteiger partial charge in [-0.2, -0.15) is 4.31 Å². The number of carbonyl (C=O) groups is 2. The highest BCUT2D eigenvalue weighted by molar-refractivity contribution is 7.89. The fraction of sp³-hybridized carbons (Fsp3) is 0.391. The number of likely N-dealkylation sites (N-methyl/N-ethyl adjacent to an activating group) is 1. The average Bonchev–Trinajstić information content (AvgIpc) is 2.74. The molecule has 1 atom stereocenters. The van der Waals surface area contributed by atoms with Crippen molar-refractivity contribution in [2.75, 3.05) is 13.6 Å². The Morgan fingerprint density at radius 1 is 1.06 bits per heavy atom. The third-order valence-corrected chi connectivity index (χ3v) is 7.03. The molecule has 0 aromatic heterocycles. The molecule has 7 nitrogen and oxygen atoms in total. The van der Waals surface area contributed by atoms with Gasteiger partial charge in [0.05, 0.1) is 11.4 Å². The van der Waals surface area contributed by atoms with Crippen LogP contribution in [-0.2, 0) is 26.2 Å². The molecule has 0 aliphatic rings. The highest BCUT2D eigenvalue weighted by atomic mass is 35.5. The zero-order valence-corrected chi connectivity index (χ0v) is 20.7. The smallest absolute Gasteiger partial charge is 0.243 e. The summed E-state index contributed by atoms with van der Waals surface area (Å²) in [5.74, 6) is -1.31. The lowest BCUT2D eigenvalue weighted by molar-refractivity contribution is -0.141. The molecule has 0 saturated heterocycles. The Bertz CT molecular complexity index is 1060. The van der Waals surface area contributed by atoms with Gasteiger partial charge in [-0.25, -0.2) is 12.8 Å². The van der Waals surface area contributed by atoms with Crippen LogP contribution in [0.2, 0.25) is 5.02 Å². The SMILES string of the molecule is CCC(C(=O)NC(C)C)N(Cc1ccc(F)cc1)C(=O)CN(C)S(=O)(=O)c1ccc(Cl)cc1. The van der Waals surface area contributed by atoms with Gasteiger partial charge in [-0.1, -0.05) is 30.7 Å². The molecule has 0 bridgehead atoms. The molecule has 1 N–H and O–H groups in total. The number of carbonyl (C=O) groups excluding carboxylic acids is 2. The van der Waals surface area contributed by atoms with Crippen LogP contribution in [0.4, 0.5) is 4.39 Å². The van der Waals surface area contributed by atoms with Crippen LogP contribution >= 0.6 is 11.6 Å². The van der Waals surface area contributed by atoms with Gasteiger partial charge in [0.25, 0.3) is 0 Å². The maximum atomic E-state index is 13.3. The lowest BCUT2D eigenvalue weighted by atomic mass is 10.1. The Balaban J connectivity index is 2.31. The lowest BCUT2D eigenvalue weighted by Gasteiger charge is -2.32. The van der Waals surface area contributed by atoms with Gasteiger partial charge in [0, 0.05) is 24.7 Å². The van der Waals surface area contributed by atoms with Gasteiger partial charge in [-0.3, -0.25) is 9.59 Å². The molecule has 10 heteroatoms. The molecule has 0 fully saturated rings. The quantitative estimate of drug-likeness (QED) is 0.545. The summed E-state index contributed by atoms with van der Waals surface area (Å²) >= 11 is 5.84. The highest BCUT2D eigenvalue weighted by Crippen LogP contribution is 2.19. The van der Waals surface area contributed by atoms with Gasteiger partial charge in [0.15, 0.2) is 0 Å². The number of hydrogen-bond acceptors (Lipinski definition) is 4. The zero-order valence-electron chi connectivity index (χ0n) is 19.1. The largest absolute Gasteiger partial charge is 0.352 e. The zero-order chi connectivity index (χ0) is 24.8. The van der Waals surface area contributed by atoms with Gasteiger partial charge in [-0.05, 0) is 62.2 Å². The van der Waals surface area contributed by atoms with E-state index in [9.17, 15) is 22.4 Å². The minimum atomic E-state index is -3.96. The molecule has 0 heterocycles. The Hall–Kier alpha value is -2.49. The number of nitrogens with one attached hydrogen (secondary N) is 1. The van der Waals surface area contributed by atoms with Crippen LogP contribution in [0, 0.1) is 5.82 Å². The number of amides is 2. The predicted octanol–water partition coefficient (Wildman–Crippen LogP) is 3.43. The third kappa shape index (κ3) is 7.25. The van der Waals surface area contributed by atoms with E-state index in [2.05, 4.69) is 5.32 Å². The third-order valence-electron chi connectivity index (χ3n) is 4.96.